The summed E-state index contributed by atoms with van der Waals surface area (Å²) in [6.45, 7) is 1.76. The summed E-state index contributed by atoms with van der Waals surface area (Å²) < 4.78 is 8.90. The lowest BCUT2D eigenvalue weighted by atomic mass is 10.2. The summed E-state index contributed by atoms with van der Waals surface area (Å²) in [5, 5.41) is 15.0. The van der Waals surface area contributed by atoms with Gasteiger partial charge in [-0.3, -0.25) is 4.79 Å². The summed E-state index contributed by atoms with van der Waals surface area (Å²) in [5.74, 6) is -0.267. The Morgan fingerprint density at radius 1 is 1.35 bits per heavy atom. The van der Waals surface area contributed by atoms with E-state index in [0.29, 0.717) is 18.8 Å². The minimum atomic E-state index is -0.267. The number of carbonyl (C=O) groups excluding carboxylic acids is 1. The van der Waals surface area contributed by atoms with Gasteiger partial charge in [0.15, 0.2) is 5.69 Å². The Balaban J connectivity index is 1.39. The topological polar surface area (TPSA) is 99.8 Å². The van der Waals surface area contributed by atoms with Gasteiger partial charge in [0.2, 0.25) is 0 Å². The standard InChI is InChI=1S/C17H19N7O2/c25-17(15-10-23(22-21-15)9-14-5-3-7-26-14)19-8-13-4-1-2-6-16(13)24-12-18-11-20-24/h1-2,4,6,10-12,14H,3,5,7-9H2,(H,19,25). The van der Waals surface area contributed by atoms with E-state index in [0.717, 1.165) is 30.7 Å². The number of nitrogens with one attached hydrogen (secondary N) is 1. The number of carbonyl (C=O) groups is 1. The van der Waals surface area contributed by atoms with Crippen LogP contribution in [-0.2, 0) is 17.8 Å². The third-order valence-electron chi connectivity index (χ3n) is 4.28. The Labute approximate surface area is 150 Å². The van der Waals surface area contributed by atoms with Crippen molar-refractivity contribution in [2.75, 3.05) is 6.61 Å². The molecule has 9 nitrogen and oxygen atoms in total. The summed E-state index contributed by atoms with van der Waals surface area (Å²) in [6.07, 6.45) is 6.99. The van der Waals surface area contributed by atoms with Crippen molar-refractivity contribution in [3.8, 4) is 5.69 Å². The minimum Gasteiger partial charge on any atom is -0.376 e. The van der Waals surface area contributed by atoms with Gasteiger partial charge in [-0.25, -0.2) is 14.3 Å². The Bertz CT molecular complexity index is 869. The van der Waals surface area contributed by atoms with Gasteiger partial charge in [-0.1, -0.05) is 23.4 Å². The molecule has 26 heavy (non-hydrogen) atoms. The molecule has 2 aromatic heterocycles. The number of para-hydroxylation sites is 1. The molecule has 0 saturated carbocycles. The van der Waals surface area contributed by atoms with Crippen LogP contribution in [0.5, 0.6) is 0 Å². The fourth-order valence-electron chi connectivity index (χ4n) is 2.97. The maximum absolute atomic E-state index is 12.4. The molecule has 134 valence electrons. The largest absolute Gasteiger partial charge is 0.376 e. The van der Waals surface area contributed by atoms with Gasteiger partial charge in [0.25, 0.3) is 5.91 Å². The molecule has 9 heteroatoms. The molecular weight excluding hydrogens is 334 g/mol. The zero-order chi connectivity index (χ0) is 17.8. The second-order valence-electron chi connectivity index (χ2n) is 6.11. The van der Waals surface area contributed by atoms with Crippen molar-refractivity contribution in [2.24, 2.45) is 0 Å². The fraction of sp³-hybridized carbons (Fsp3) is 0.353. The molecule has 3 heterocycles. The smallest absolute Gasteiger partial charge is 0.273 e. The number of rotatable bonds is 6. The monoisotopic (exact) mass is 353 g/mol. The van der Waals surface area contributed by atoms with E-state index in [9.17, 15) is 4.79 Å². The highest BCUT2D eigenvalue weighted by atomic mass is 16.5. The summed E-state index contributed by atoms with van der Waals surface area (Å²) in [6, 6.07) is 7.69. The quantitative estimate of drug-likeness (QED) is 0.709. The Hall–Kier alpha value is -3.07. The van der Waals surface area contributed by atoms with Crippen molar-refractivity contribution < 1.29 is 9.53 Å². The van der Waals surface area contributed by atoms with E-state index in [4.69, 9.17) is 4.74 Å². The lowest BCUT2D eigenvalue weighted by Crippen LogP contribution is -2.24. The van der Waals surface area contributed by atoms with Crippen LogP contribution < -0.4 is 5.32 Å². The van der Waals surface area contributed by atoms with Crippen molar-refractivity contribution in [1.29, 1.82) is 0 Å². The van der Waals surface area contributed by atoms with Crippen LogP contribution in [0.4, 0.5) is 0 Å². The Morgan fingerprint density at radius 2 is 2.27 bits per heavy atom. The molecule has 1 unspecified atom stereocenters. The number of hydrogen-bond acceptors (Lipinski definition) is 6. The van der Waals surface area contributed by atoms with Gasteiger partial charge >= 0.3 is 0 Å². The van der Waals surface area contributed by atoms with E-state index in [2.05, 4.69) is 25.7 Å². The normalized spacial score (nSPS) is 16.7. The van der Waals surface area contributed by atoms with Gasteiger partial charge < -0.3 is 10.1 Å². The third-order valence-corrected chi connectivity index (χ3v) is 4.28. The molecule has 1 amide bonds. The summed E-state index contributed by atoms with van der Waals surface area (Å²) in [7, 11) is 0. The molecule has 1 aliphatic rings. The van der Waals surface area contributed by atoms with Crippen LogP contribution in [0.2, 0.25) is 0 Å². The number of ether oxygens (including phenoxy) is 1. The Kier molecular flexibility index (Phi) is 4.69. The van der Waals surface area contributed by atoms with Gasteiger partial charge in [-0.05, 0) is 24.5 Å². The second kappa shape index (κ2) is 7.44. The SMILES string of the molecule is O=C(NCc1ccccc1-n1cncn1)c1cn(CC2CCCO2)nn1. The number of aromatic nitrogens is 6. The summed E-state index contributed by atoms with van der Waals surface area (Å²) in [4.78, 5) is 16.3. The van der Waals surface area contributed by atoms with Gasteiger partial charge in [-0.15, -0.1) is 5.10 Å². The molecular formula is C17H19N7O2. The van der Waals surface area contributed by atoms with Gasteiger partial charge in [0.05, 0.1) is 24.5 Å². The number of hydrogen-bond donors (Lipinski definition) is 1. The fourth-order valence-corrected chi connectivity index (χ4v) is 2.97. The number of benzene rings is 1. The van der Waals surface area contributed by atoms with E-state index >= 15 is 0 Å². The van der Waals surface area contributed by atoms with E-state index in [1.807, 2.05) is 24.3 Å². The lowest BCUT2D eigenvalue weighted by Gasteiger charge is -2.09. The van der Waals surface area contributed by atoms with Crippen molar-refractivity contribution in [1.82, 2.24) is 35.1 Å². The first-order chi connectivity index (χ1) is 12.8. The second-order valence-corrected chi connectivity index (χ2v) is 6.11. The molecule has 0 radical (unpaired) electrons. The van der Waals surface area contributed by atoms with Crippen molar-refractivity contribution >= 4 is 5.91 Å². The van der Waals surface area contributed by atoms with Crippen molar-refractivity contribution in [3.63, 3.8) is 0 Å². The molecule has 0 bridgehead atoms. The van der Waals surface area contributed by atoms with Crippen LogP contribution in [0.3, 0.4) is 0 Å². The van der Waals surface area contributed by atoms with Crippen LogP contribution >= 0.6 is 0 Å². The van der Waals surface area contributed by atoms with Gasteiger partial charge in [0.1, 0.15) is 12.7 Å². The number of nitrogens with zero attached hydrogens (tertiary/aromatic N) is 6. The predicted octanol–water partition coefficient (Wildman–Crippen LogP) is 0.968. The van der Waals surface area contributed by atoms with E-state index < -0.39 is 0 Å². The highest BCUT2D eigenvalue weighted by Crippen LogP contribution is 2.14. The molecule has 4 rings (SSSR count). The highest BCUT2D eigenvalue weighted by molar-refractivity contribution is 5.91. The maximum Gasteiger partial charge on any atom is 0.273 e. The highest BCUT2D eigenvalue weighted by Gasteiger charge is 2.18. The van der Waals surface area contributed by atoms with Crippen LogP contribution in [0.1, 0.15) is 28.9 Å². The van der Waals surface area contributed by atoms with Crippen LogP contribution in [0.25, 0.3) is 5.69 Å². The van der Waals surface area contributed by atoms with E-state index in [-0.39, 0.29) is 12.0 Å². The molecule has 1 aromatic carbocycles. The zero-order valence-electron chi connectivity index (χ0n) is 14.2. The van der Waals surface area contributed by atoms with Crippen LogP contribution in [0.15, 0.2) is 43.1 Å². The van der Waals surface area contributed by atoms with E-state index in [1.165, 1.54) is 6.33 Å². The summed E-state index contributed by atoms with van der Waals surface area (Å²) in [5.41, 5.74) is 2.09. The summed E-state index contributed by atoms with van der Waals surface area (Å²) >= 11 is 0. The Morgan fingerprint density at radius 3 is 3.08 bits per heavy atom. The average molecular weight is 353 g/mol. The molecule has 1 saturated heterocycles. The van der Waals surface area contributed by atoms with Gasteiger partial charge in [0, 0.05) is 13.2 Å². The van der Waals surface area contributed by atoms with Gasteiger partial charge in [-0.2, -0.15) is 5.10 Å². The third kappa shape index (κ3) is 3.62. The first kappa shape index (κ1) is 16.4. The maximum atomic E-state index is 12.4. The average Bonchev–Trinajstić information content (AvgIpc) is 3.42. The minimum absolute atomic E-state index is 0.155. The molecule has 1 atom stereocenters. The molecule has 0 aliphatic carbocycles. The van der Waals surface area contributed by atoms with Crippen molar-refractivity contribution in [2.45, 2.75) is 32.0 Å². The first-order valence-electron chi connectivity index (χ1n) is 8.52. The predicted molar refractivity (Wildman–Crippen MR) is 91.5 cm³/mol. The molecule has 1 aliphatic heterocycles. The molecule has 1 N–H and O–H groups in total. The molecule has 0 spiro atoms. The van der Waals surface area contributed by atoms with E-state index in [1.54, 1.807) is 21.9 Å². The zero-order valence-corrected chi connectivity index (χ0v) is 14.2. The first-order valence-corrected chi connectivity index (χ1v) is 8.52. The van der Waals surface area contributed by atoms with Crippen LogP contribution in [0, 0.1) is 0 Å². The number of amides is 1. The molecule has 3 aromatic rings. The van der Waals surface area contributed by atoms with Crippen molar-refractivity contribution in [3.05, 3.63) is 54.4 Å². The van der Waals surface area contributed by atoms with Crippen LogP contribution in [-0.4, -0.2) is 48.4 Å². The molecule has 1 fully saturated rings. The lowest BCUT2D eigenvalue weighted by molar-refractivity contribution is 0.0929.